The van der Waals surface area contributed by atoms with Gasteiger partial charge < -0.3 is 35.4 Å². The summed E-state index contributed by atoms with van der Waals surface area (Å²) in [6, 6.07) is -1.54. The largest absolute Gasteiger partial charge is 0.480 e. The van der Waals surface area contributed by atoms with Gasteiger partial charge in [-0.15, -0.1) is 0 Å². The highest BCUT2D eigenvalue weighted by atomic mass is 31.2. The fourth-order valence-corrected chi connectivity index (χ4v) is 6.87. The number of carboxylic acid groups (broad SMARTS) is 1. The molecular weight excluding hydrogens is 741 g/mol. The van der Waals surface area contributed by atoms with Crippen LogP contribution in [-0.2, 0) is 37.5 Å². The lowest BCUT2D eigenvalue weighted by Gasteiger charge is -2.20. The van der Waals surface area contributed by atoms with Crippen LogP contribution in [0.15, 0.2) is 12.2 Å². The van der Waals surface area contributed by atoms with Crippen LogP contribution in [0.1, 0.15) is 194 Å². The van der Waals surface area contributed by atoms with Gasteiger partial charge in [0.25, 0.3) is 0 Å². The molecule has 0 aromatic rings. The molecule has 0 saturated heterocycles. The third-order valence-corrected chi connectivity index (χ3v) is 10.7. The number of carboxylic acids is 1. The van der Waals surface area contributed by atoms with Crippen LogP contribution >= 0.6 is 7.82 Å². The van der Waals surface area contributed by atoms with Crippen LogP contribution < -0.4 is 5.73 Å². The number of hydrogen-bond acceptors (Lipinski definition) is 11. The monoisotopic (exact) mass is 822 g/mol. The maximum absolute atomic E-state index is 12.6. The summed E-state index contributed by atoms with van der Waals surface area (Å²) in [7, 11) is -4.75. The molecular formula is C42H80NO12P. The van der Waals surface area contributed by atoms with E-state index in [-0.39, 0.29) is 12.8 Å². The SMILES string of the molecule is CCCCC/C=C\C[C@@H](O)[C@H](O)CCCCCCCC(=O)OC[C@H](COP(=O)(O)OC[C@H](N)C(=O)O)OC(=O)CCCCCCCCCCCCCCCCC. The molecule has 13 nitrogen and oxygen atoms in total. The second-order valence-electron chi connectivity index (χ2n) is 15.1. The second kappa shape index (κ2) is 37.4. The Labute approximate surface area is 338 Å². The van der Waals surface area contributed by atoms with Crippen LogP contribution in [0, 0.1) is 0 Å². The highest BCUT2D eigenvalue weighted by molar-refractivity contribution is 7.47. The van der Waals surface area contributed by atoms with Crippen LogP contribution in [-0.4, -0.2) is 82.3 Å². The van der Waals surface area contributed by atoms with Gasteiger partial charge in [-0.05, 0) is 38.5 Å². The normalized spacial score (nSPS) is 15.0. The Kier molecular flexibility index (Phi) is 36.2. The number of allylic oxidation sites excluding steroid dienone is 1. The Morgan fingerprint density at radius 2 is 1.07 bits per heavy atom. The highest BCUT2D eigenvalue weighted by Gasteiger charge is 2.28. The van der Waals surface area contributed by atoms with Crippen molar-refractivity contribution in [2.24, 2.45) is 5.73 Å². The number of aliphatic hydroxyl groups is 2. The summed E-state index contributed by atoms with van der Waals surface area (Å²) >= 11 is 0. The number of esters is 2. The topological polar surface area (TPSA) is 212 Å². The third kappa shape index (κ3) is 35.3. The van der Waals surface area contributed by atoms with Gasteiger partial charge >= 0.3 is 25.7 Å². The zero-order valence-corrected chi connectivity index (χ0v) is 35.9. The third-order valence-electron chi connectivity index (χ3n) is 9.71. The second-order valence-corrected chi connectivity index (χ2v) is 16.6. The van der Waals surface area contributed by atoms with Crippen molar-refractivity contribution in [3.8, 4) is 0 Å². The minimum absolute atomic E-state index is 0.126. The van der Waals surface area contributed by atoms with Crippen LogP contribution in [0.2, 0.25) is 0 Å². The molecule has 0 amide bonds. The van der Waals surface area contributed by atoms with Gasteiger partial charge in [-0.1, -0.05) is 154 Å². The standard InChI is InChI=1S/C42H80NO12P/c1-3-5-7-9-11-12-13-14-15-16-17-18-19-23-28-32-41(47)55-36(34-53-56(50,51)54-35-37(43)42(48)49)33-52-40(46)31-27-24-20-22-26-30-39(45)38(44)29-25-21-10-8-6-4-2/h21,25,36-39,44-45H,3-20,22-24,26-35,43H2,1-2H3,(H,48,49)(H,50,51)/b25-21-/t36-,37+,38-,39-/m1/s1. The average molecular weight is 822 g/mol. The van der Waals surface area contributed by atoms with E-state index in [1.54, 1.807) is 0 Å². The van der Waals surface area contributed by atoms with Crippen LogP contribution in [0.5, 0.6) is 0 Å². The Hall–Kier alpha value is -1.86. The van der Waals surface area contributed by atoms with E-state index in [4.69, 9.17) is 24.8 Å². The number of aliphatic hydroxyl groups excluding tert-OH is 2. The Morgan fingerprint density at radius 1 is 0.607 bits per heavy atom. The molecule has 5 atom stereocenters. The van der Waals surface area contributed by atoms with Crippen molar-refractivity contribution < 1.29 is 57.7 Å². The van der Waals surface area contributed by atoms with E-state index in [0.717, 1.165) is 57.8 Å². The van der Waals surface area contributed by atoms with Crippen molar-refractivity contribution >= 4 is 25.7 Å². The smallest absolute Gasteiger partial charge is 0.472 e. The molecule has 14 heteroatoms. The molecule has 1 unspecified atom stereocenters. The number of aliphatic carboxylic acids is 1. The van der Waals surface area contributed by atoms with Gasteiger partial charge in [-0.25, -0.2) is 4.57 Å². The van der Waals surface area contributed by atoms with Gasteiger partial charge in [-0.3, -0.25) is 23.4 Å². The van der Waals surface area contributed by atoms with Gasteiger partial charge in [0.15, 0.2) is 6.10 Å². The molecule has 0 aliphatic heterocycles. The van der Waals surface area contributed by atoms with Gasteiger partial charge in [0.2, 0.25) is 0 Å². The summed E-state index contributed by atoms with van der Waals surface area (Å²) in [5.74, 6) is -2.50. The zero-order chi connectivity index (χ0) is 41.7. The van der Waals surface area contributed by atoms with Crippen LogP contribution in [0.25, 0.3) is 0 Å². The molecule has 6 N–H and O–H groups in total. The first-order valence-electron chi connectivity index (χ1n) is 21.9. The van der Waals surface area contributed by atoms with Crippen LogP contribution in [0.4, 0.5) is 0 Å². The molecule has 0 aliphatic rings. The number of ether oxygens (including phenoxy) is 2. The fourth-order valence-electron chi connectivity index (χ4n) is 6.09. The number of phosphoric ester groups is 1. The lowest BCUT2D eigenvalue weighted by molar-refractivity contribution is -0.161. The summed E-state index contributed by atoms with van der Waals surface area (Å²) in [5.41, 5.74) is 5.32. The molecule has 0 heterocycles. The lowest BCUT2D eigenvalue weighted by atomic mass is 10.0. The number of carbonyl (C=O) groups excluding carboxylic acids is 2. The summed E-state index contributed by atoms with van der Waals surface area (Å²) in [6.07, 6.45) is 28.7. The van der Waals surface area contributed by atoms with Crippen LogP contribution in [0.3, 0.4) is 0 Å². The van der Waals surface area contributed by atoms with Gasteiger partial charge in [0.05, 0.1) is 25.4 Å². The highest BCUT2D eigenvalue weighted by Crippen LogP contribution is 2.43. The molecule has 0 spiro atoms. The summed E-state index contributed by atoms with van der Waals surface area (Å²) in [4.78, 5) is 45.9. The van der Waals surface area contributed by atoms with Gasteiger partial charge in [0.1, 0.15) is 12.6 Å². The maximum Gasteiger partial charge on any atom is 0.472 e. The molecule has 0 fully saturated rings. The van der Waals surface area contributed by atoms with E-state index >= 15 is 0 Å². The van der Waals surface area contributed by atoms with Crippen molar-refractivity contribution in [3.05, 3.63) is 12.2 Å². The number of unbranched alkanes of at least 4 members (excludes halogenated alkanes) is 21. The van der Waals surface area contributed by atoms with Crippen molar-refractivity contribution in [2.45, 2.75) is 218 Å². The predicted octanol–water partition coefficient (Wildman–Crippen LogP) is 9.23. The van der Waals surface area contributed by atoms with Crippen molar-refractivity contribution in [3.63, 3.8) is 0 Å². The minimum Gasteiger partial charge on any atom is -0.480 e. The predicted molar refractivity (Wildman–Crippen MR) is 220 cm³/mol. The molecule has 0 saturated carbocycles. The lowest BCUT2D eigenvalue weighted by Crippen LogP contribution is -2.34. The van der Waals surface area contributed by atoms with E-state index in [2.05, 4.69) is 24.4 Å². The number of rotatable bonds is 41. The van der Waals surface area contributed by atoms with E-state index < -0.39 is 69.9 Å². The molecule has 0 aromatic carbocycles. The summed E-state index contributed by atoms with van der Waals surface area (Å²) in [5, 5.41) is 29.3. The first-order valence-corrected chi connectivity index (χ1v) is 23.4. The van der Waals surface area contributed by atoms with E-state index in [0.29, 0.717) is 25.7 Å². The molecule has 0 rings (SSSR count). The van der Waals surface area contributed by atoms with E-state index in [9.17, 15) is 34.1 Å². The van der Waals surface area contributed by atoms with Crippen molar-refractivity contribution in [2.75, 3.05) is 19.8 Å². The molecule has 0 aromatic heterocycles. The first-order chi connectivity index (χ1) is 26.9. The minimum atomic E-state index is -4.75. The van der Waals surface area contributed by atoms with Gasteiger partial charge in [-0.2, -0.15) is 0 Å². The number of carbonyl (C=O) groups is 3. The Morgan fingerprint density at radius 3 is 1.61 bits per heavy atom. The first kappa shape index (κ1) is 54.1. The Balaban J connectivity index is 4.46. The van der Waals surface area contributed by atoms with E-state index in [1.165, 1.54) is 83.5 Å². The average Bonchev–Trinajstić information content (AvgIpc) is 3.17. The van der Waals surface area contributed by atoms with E-state index in [1.807, 2.05) is 6.08 Å². The Bertz CT molecular complexity index is 1050. The number of hydrogen-bond donors (Lipinski definition) is 5. The quantitative estimate of drug-likeness (QED) is 0.0169. The summed E-state index contributed by atoms with van der Waals surface area (Å²) < 4.78 is 32.6. The maximum atomic E-state index is 12.6. The van der Waals surface area contributed by atoms with Crippen molar-refractivity contribution in [1.29, 1.82) is 0 Å². The summed E-state index contributed by atoms with van der Waals surface area (Å²) in [6.45, 7) is 2.60. The van der Waals surface area contributed by atoms with Gasteiger partial charge in [0, 0.05) is 12.8 Å². The number of phosphoric acid groups is 1. The molecule has 0 radical (unpaired) electrons. The number of nitrogens with two attached hydrogens (primary N) is 1. The molecule has 330 valence electrons. The fraction of sp³-hybridized carbons (Fsp3) is 0.881. The molecule has 0 aliphatic carbocycles. The molecule has 56 heavy (non-hydrogen) atoms. The van der Waals surface area contributed by atoms with Crippen molar-refractivity contribution in [1.82, 2.24) is 0 Å². The zero-order valence-electron chi connectivity index (χ0n) is 35.0. The molecule has 0 bridgehead atoms.